The van der Waals surface area contributed by atoms with Gasteiger partial charge in [0.2, 0.25) is 11.8 Å². The molecule has 0 bridgehead atoms. The van der Waals surface area contributed by atoms with Crippen molar-refractivity contribution in [3.8, 4) is 5.88 Å². The fourth-order valence-corrected chi connectivity index (χ4v) is 3.88. The largest absolute Gasteiger partial charge is 0.468 e. The van der Waals surface area contributed by atoms with E-state index < -0.39 is 12.8 Å². The van der Waals surface area contributed by atoms with Crippen LogP contribution in [0, 0.1) is 5.92 Å². The van der Waals surface area contributed by atoms with Crippen molar-refractivity contribution in [1.82, 2.24) is 20.5 Å². The molecular formula is C20H28F3N5O2. The topological polar surface area (TPSA) is 78.9 Å². The number of guanidine groups is 1. The van der Waals surface area contributed by atoms with E-state index in [9.17, 15) is 18.0 Å². The van der Waals surface area contributed by atoms with Crippen molar-refractivity contribution < 1.29 is 22.7 Å². The van der Waals surface area contributed by atoms with Crippen LogP contribution in [0.5, 0.6) is 5.88 Å². The van der Waals surface area contributed by atoms with Crippen LogP contribution < -0.4 is 15.4 Å². The first kappa shape index (κ1) is 22.2. The van der Waals surface area contributed by atoms with E-state index in [1.165, 1.54) is 12.3 Å². The lowest BCUT2D eigenvalue weighted by Crippen LogP contribution is -2.45. The van der Waals surface area contributed by atoms with Crippen molar-refractivity contribution in [3.63, 3.8) is 0 Å². The summed E-state index contributed by atoms with van der Waals surface area (Å²) in [6.45, 7) is 0.370. The molecule has 1 saturated carbocycles. The maximum Gasteiger partial charge on any atom is 0.422 e. The van der Waals surface area contributed by atoms with Gasteiger partial charge in [-0.15, -0.1) is 0 Å². The molecule has 2 heterocycles. The Balaban J connectivity index is 1.45. The zero-order chi connectivity index (χ0) is 21.6. The number of hydrogen-bond donors (Lipinski definition) is 2. The van der Waals surface area contributed by atoms with Gasteiger partial charge in [0.1, 0.15) is 0 Å². The van der Waals surface area contributed by atoms with Crippen LogP contribution in [0.3, 0.4) is 0 Å². The minimum absolute atomic E-state index is 0.0774. The van der Waals surface area contributed by atoms with Crippen LogP contribution in [0.2, 0.25) is 0 Å². The van der Waals surface area contributed by atoms with Crippen molar-refractivity contribution in [1.29, 1.82) is 0 Å². The van der Waals surface area contributed by atoms with E-state index in [1.54, 1.807) is 13.1 Å². The number of hydrogen-bond acceptors (Lipinski definition) is 4. The Morgan fingerprint density at radius 1 is 1.33 bits per heavy atom. The number of aromatic nitrogens is 1. The number of halogens is 3. The first-order valence-electron chi connectivity index (χ1n) is 10.2. The van der Waals surface area contributed by atoms with Gasteiger partial charge >= 0.3 is 6.18 Å². The lowest BCUT2D eigenvalue weighted by Gasteiger charge is -2.21. The second kappa shape index (κ2) is 9.99. The molecule has 30 heavy (non-hydrogen) atoms. The predicted octanol–water partition coefficient (Wildman–Crippen LogP) is 2.48. The molecule has 10 heteroatoms. The number of amides is 1. The Morgan fingerprint density at radius 3 is 2.80 bits per heavy atom. The predicted molar refractivity (Wildman–Crippen MR) is 106 cm³/mol. The summed E-state index contributed by atoms with van der Waals surface area (Å²) in [5.74, 6) is 0.945. The smallest absolute Gasteiger partial charge is 0.422 e. The molecule has 0 aromatic carbocycles. The van der Waals surface area contributed by atoms with E-state index in [0.29, 0.717) is 19.0 Å². The van der Waals surface area contributed by atoms with Gasteiger partial charge in [-0.1, -0.05) is 12.8 Å². The zero-order valence-corrected chi connectivity index (χ0v) is 17.0. The summed E-state index contributed by atoms with van der Waals surface area (Å²) in [5.41, 5.74) is 0.717. The van der Waals surface area contributed by atoms with Gasteiger partial charge in [0.15, 0.2) is 12.6 Å². The lowest BCUT2D eigenvalue weighted by molar-refractivity contribution is -0.154. The van der Waals surface area contributed by atoms with Gasteiger partial charge in [0, 0.05) is 50.9 Å². The van der Waals surface area contributed by atoms with Crippen molar-refractivity contribution in [3.05, 3.63) is 23.9 Å². The van der Waals surface area contributed by atoms with Gasteiger partial charge in [-0.3, -0.25) is 9.79 Å². The summed E-state index contributed by atoms with van der Waals surface area (Å²) < 4.78 is 41.5. The number of aliphatic imine (C=N–C) groups is 1. The summed E-state index contributed by atoms with van der Waals surface area (Å²) in [4.78, 5) is 22.5. The molecule has 7 nitrogen and oxygen atoms in total. The lowest BCUT2D eigenvalue weighted by atomic mass is 10.1. The van der Waals surface area contributed by atoms with Gasteiger partial charge in [-0.2, -0.15) is 13.2 Å². The number of alkyl halides is 3. The van der Waals surface area contributed by atoms with E-state index in [4.69, 9.17) is 0 Å². The number of rotatable bonds is 6. The number of pyridine rings is 1. The fraction of sp³-hybridized carbons (Fsp3) is 0.650. The van der Waals surface area contributed by atoms with Gasteiger partial charge in [-0.05, 0) is 30.9 Å². The van der Waals surface area contributed by atoms with E-state index >= 15 is 0 Å². The SMILES string of the molecule is CN=C(NCc1ccnc(OCC(F)(F)F)c1)NC1CCN(C(=O)C2CCCC2)C1. The van der Waals surface area contributed by atoms with Crippen LogP contribution in [-0.2, 0) is 11.3 Å². The minimum Gasteiger partial charge on any atom is -0.468 e. The summed E-state index contributed by atoms with van der Waals surface area (Å²) in [6.07, 6.45) is 2.12. The number of likely N-dealkylation sites (tertiary alicyclic amines) is 1. The third-order valence-electron chi connectivity index (χ3n) is 5.41. The van der Waals surface area contributed by atoms with Crippen molar-refractivity contribution in [2.45, 2.75) is 50.9 Å². The molecule has 0 spiro atoms. The van der Waals surface area contributed by atoms with E-state index in [-0.39, 0.29) is 23.7 Å². The molecule has 3 rings (SSSR count). The number of nitrogens with zero attached hydrogens (tertiary/aromatic N) is 3. The molecule has 0 radical (unpaired) electrons. The first-order valence-corrected chi connectivity index (χ1v) is 10.2. The Hall–Kier alpha value is -2.52. The number of ether oxygens (including phenoxy) is 1. The van der Waals surface area contributed by atoms with Crippen molar-refractivity contribution in [2.24, 2.45) is 10.9 Å². The number of nitrogens with one attached hydrogen (secondary N) is 2. The molecule has 1 aromatic heterocycles. The van der Waals surface area contributed by atoms with Crippen LogP contribution in [-0.4, -0.2) is 60.7 Å². The quantitative estimate of drug-likeness (QED) is 0.539. The molecule has 1 aliphatic heterocycles. The van der Waals surface area contributed by atoms with Gasteiger partial charge in [-0.25, -0.2) is 4.98 Å². The highest BCUT2D eigenvalue weighted by Gasteiger charge is 2.32. The second-order valence-electron chi connectivity index (χ2n) is 7.73. The van der Waals surface area contributed by atoms with Gasteiger partial charge in [0.05, 0.1) is 0 Å². The van der Waals surface area contributed by atoms with Crippen LogP contribution in [0.4, 0.5) is 13.2 Å². The second-order valence-corrected chi connectivity index (χ2v) is 7.73. The minimum atomic E-state index is -4.41. The Kier molecular flexibility index (Phi) is 7.38. The van der Waals surface area contributed by atoms with E-state index in [2.05, 4.69) is 25.3 Å². The van der Waals surface area contributed by atoms with Crippen LogP contribution in [0.15, 0.2) is 23.3 Å². The standard InChI is InChI=1S/C20H28F3N5O2/c1-24-19(26-11-14-6-8-25-17(10-14)30-13-20(21,22)23)27-16-7-9-28(12-16)18(29)15-4-2-3-5-15/h6,8,10,15-16H,2-5,7,9,11-13H2,1H3,(H2,24,26,27). The number of carbonyl (C=O) groups excluding carboxylic acids is 1. The Labute approximate surface area is 174 Å². The summed E-state index contributed by atoms with van der Waals surface area (Å²) in [6, 6.07) is 3.27. The summed E-state index contributed by atoms with van der Waals surface area (Å²) in [7, 11) is 1.65. The first-order chi connectivity index (χ1) is 14.3. The maximum absolute atomic E-state index is 12.6. The third kappa shape index (κ3) is 6.50. The van der Waals surface area contributed by atoms with Gasteiger partial charge < -0.3 is 20.3 Å². The molecule has 1 amide bonds. The summed E-state index contributed by atoms with van der Waals surface area (Å²) in [5, 5.41) is 6.46. The van der Waals surface area contributed by atoms with E-state index in [1.807, 2.05) is 4.90 Å². The molecule has 1 saturated heterocycles. The fourth-order valence-electron chi connectivity index (χ4n) is 3.88. The molecule has 2 aliphatic rings. The molecule has 1 atom stereocenters. The van der Waals surface area contributed by atoms with Crippen molar-refractivity contribution >= 4 is 11.9 Å². The van der Waals surface area contributed by atoms with Crippen LogP contribution in [0.25, 0.3) is 0 Å². The van der Waals surface area contributed by atoms with Gasteiger partial charge in [0.25, 0.3) is 0 Å². The highest BCUT2D eigenvalue weighted by Crippen LogP contribution is 2.27. The normalized spacial score (nSPS) is 20.5. The molecule has 1 unspecified atom stereocenters. The maximum atomic E-state index is 12.6. The summed E-state index contributed by atoms with van der Waals surface area (Å²) >= 11 is 0. The molecule has 2 N–H and O–H groups in total. The highest BCUT2D eigenvalue weighted by molar-refractivity contribution is 5.81. The Bertz CT molecular complexity index is 750. The molecule has 1 aromatic rings. The van der Waals surface area contributed by atoms with Crippen LogP contribution >= 0.6 is 0 Å². The molecule has 166 valence electrons. The zero-order valence-electron chi connectivity index (χ0n) is 17.0. The van der Waals surface area contributed by atoms with Crippen LogP contribution in [0.1, 0.15) is 37.7 Å². The third-order valence-corrected chi connectivity index (χ3v) is 5.41. The average Bonchev–Trinajstić information content (AvgIpc) is 3.41. The Morgan fingerprint density at radius 2 is 2.10 bits per heavy atom. The molecule has 2 fully saturated rings. The molecular weight excluding hydrogens is 399 g/mol. The number of carbonyl (C=O) groups is 1. The monoisotopic (exact) mass is 427 g/mol. The van der Waals surface area contributed by atoms with E-state index in [0.717, 1.165) is 44.2 Å². The molecule has 1 aliphatic carbocycles. The van der Waals surface area contributed by atoms with Crippen molar-refractivity contribution in [2.75, 3.05) is 26.7 Å². The highest BCUT2D eigenvalue weighted by atomic mass is 19.4. The average molecular weight is 427 g/mol.